The molecule has 2 aliphatic rings. The molecule has 0 saturated carbocycles. The quantitative estimate of drug-likeness (QED) is 0.504. The Morgan fingerprint density at radius 3 is 2.78 bits per heavy atom. The van der Waals surface area contributed by atoms with Gasteiger partial charge in [0.25, 0.3) is 0 Å². The molecule has 0 aliphatic carbocycles. The van der Waals surface area contributed by atoms with Gasteiger partial charge >= 0.3 is 0 Å². The van der Waals surface area contributed by atoms with Crippen molar-refractivity contribution in [1.82, 2.24) is 0 Å². The lowest BCUT2D eigenvalue weighted by atomic mass is 10.2. The Bertz CT molecular complexity index is 140. The van der Waals surface area contributed by atoms with Crippen molar-refractivity contribution in [2.45, 2.75) is 12.5 Å². The van der Waals surface area contributed by atoms with Gasteiger partial charge in [-0.05, 0) is 0 Å². The van der Waals surface area contributed by atoms with Gasteiger partial charge in [0.2, 0.25) is 5.90 Å². The molecule has 0 aromatic rings. The summed E-state index contributed by atoms with van der Waals surface area (Å²) in [5.74, 6) is 0.821. The van der Waals surface area contributed by atoms with Gasteiger partial charge in [-0.25, -0.2) is 4.99 Å². The average molecular weight is 127 g/mol. The fraction of sp³-hybridized carbons (Fsp3) is 0.833. The van der Waals surface area contributed by atoms with Crippen LogP contribution in [-0.2, 0) is 9.47 Å². The highest BCUT2D eigenvalue weighted by Crippen LogP contribution is 2.15. The molecule has 0 aromatic heterocycles. The second kappa shape index (κ2) is 1.99. The molecule has 3 heteroatoms. The predicted octanol–water partition coefficient (Wildman–Crippen LogP) is 0.204. The van der Waals surface area contributed by atoms with Crippen molar-refractivity contribution in [3.05, 3.63) is 0 Å². The predicted molar refractivity (Wildman–Crippen MR) is 32.6 cm³/mol. The van der Waals surface area contributed by atoms with Crippen molar-refractivity contribution in [2.24, 2.45) is 4.99 Å². The lowest BCUT2D eigenvalue weighted by Crippen LogP contribution is -2.35. The Kier molecular flexibility index (Phi) is 1.16. The first-order valence-electron chi connectivity index (χ1n) is 3.25. The van der Waals surface area contributed by atoms with Crippen molar-refractivity contribution in [2.75, 3.05) is 19.8 Å². The average Bonchev–Trinajstić information content (AvgIpc) is 2.11. The normalized spacial score (nSPS) is 32.9. The molecule has 1 saturated heterocycles. The van der Waals surface area contributed by atoms with E-state index >= 15 is 0 Å². The Labute approximate surface area is 53.7 Å². The van der Waals surface area contributed by atoms with Crippen LogP contribution in [0.5, 0.6) is 0 Å². The third-order valence-electron chi connectivity index (χ3n) is 1.58. The highest BCUT2D eigenvalue weighted by atomic mass is 16.6. The standard InChI is InChI=1S/C6H9NO2/c1-3-8-5(1)6-7-2-4-9-6/h5H,1-4H2/t5-/m1/s1. The molecular weight excluding hydrogens is 118 g/mol. The third kappa shape index (κ3) is 0.812. The fourth-order valence-corrected chi connectivity index (χ4v) is 0.977. The first-order valence-corrected chi connectivity index (χ1v) is 3.25. The van der Waals surface area contributed by atoms with Crippen LogP contribution in [0.4, 0.5) is 0 Å². The Balaban J connectivity index is 1.95. The molecule has 1 fully saturated rings. The molecule has 0 aromatic carbocycles. The molecule has 0 bridgehead atoms. The number of nitrogens with zero attached hydrogens (tertiary/aromatic N) is 1. The van der Waals surface area contributed by atoms with E-state index in [0.29, 0.717) is 0 Å². The zero-order valence-corrected chi connectivity index (χ0v) is 5.17. The summed E-state index contributed by atoms with van der Waals surface area (Å²) in [6.07, 6.45) is 1.28. The van der Waals surface area contributed by atoms with E-state index in [1.54, 1.807) is 0 Å². The molecule has 0 radical (unpaired) electrons. The fourth-order valence-electron chi connectivity index (χ4n) is 0.977. The van der Waals surface area contributed by atoms with Gasteiger partial charge in [-0.15, -0.1) is 0 Å². The summed E-state index contributed by atoms with van der Waals surface area (Å²) < 4.78 is 10.3. The number of hydrogen-bond donors (Lipinski definition) is 0. The minimum Gasteiger partial charge on any atom is -0.477 e. The maximum absolute atomic E-state index is 5.18. The van der Waals surface area contributed by atoms with E-state index in [-0.39, 0.29) is 6.10 Å². The molecule has 3 nitrogen and oxygen atoms in total. The summed E-state index contributed by atoms with van der Waals surface area (Å²) in [6.45, 7) is 2.43. The van der Waals surface area contributed by atoms with Crippen molar-refractivity contribution in [3.63, 3.8) is 0 Å². The van der Waals surface area contributed by atoms with Gasteiger partial charge < -0.3 is 9.47 Å². The number of rotatable bonds is 1. The third-order valence-corrected chi connectivity index (χ3v) is 1.58. The molecular formula is C6H9NO2. The second-order valence-corrected chi connectivity index (χ2v) is 2.22. The number of hydrogen-bond acceptors (Lipinski definition) is 3. The van der Waals surface area contributed by atoms with E-state index in [1.807, 2.05) is 0 Å². The van der Waals surface area contributed by atoms with Crippen molar-refractivity contribution < 1.29 is 9.47 Å². The summed E-state index contributed by atoms with van der Waals surface area (Å²) in [4.78, 5) is 4.13. The topological polar surface area (TPSA) is 30.8 Å². The van der Waals surface area contributed by atoms with E-state index in [4.69, 9.17) is 9.47 Å². The minimum absolute atomic E-state index is 0.201. The molecule has 0 amide bonds. The molecule has 2 rings (SSSR count). The van der Waals surface area contributed by atoms with Gasteiger partial charge in [0.15, 0.2) is 0 Å². The Morgan fingerprint density at radius 1 is 1.44 bits per heavy atom. The van der Waals surface area contributed by atoms with E-state index in [2.05, 4.69) is 4.99 Å². The molecule has 0 unspecified atom stereocenters. The van der Waals surface area contributed by atoms with Gasteiger partial charge in [0, 0.05) is 6.42 Å². The van der Waals surface area contributed by atoms with Crippen LogP contribution in [-0.4, -0.2) is 31.8 Å². The van der Waals surface area contributed by atoms with Crippen LogP contribution < -0.4 is 0 Å². The maximum Gasteiger partial charge on any atom is 0.213 e. The van der Waals surface area contributed by atoms with E-state index in [1.165, 1.54) is 0 Å². The zero-order valence-electron chi connectivity index (χ0n) is 5.17. The minimum atomic E-state index is 0.201. The summed E-state index contributed by atoms with van der Waals surface area (Å²) >= 11 is 0. The first-order chi connectivity index (χ1) is 4.47. The molecule has 2 heterocycles. The SMILES string of the molecule is C1COC([C@H]2CCO2)=N1. The second-order valence-electron chi connectivity index (χ2n) is 2.22. The van der Waals surface area contributed by atoms with Crippen LogP contribution in [0.15, 0.2) is 4.99 Å². The summed E-state index contributed by atoms with van der Waals surface area (Å²) in [5, 5.41) is 0. The largest absolute Gasteiger partial charge is 0.477 e. The van der Waals surface area contributed by atoms with E-state index in [0.717, 1.165) is 32.1 Å². The smallest absolute Gasteiger partial charge is 0.213 e. The van der Waals surface area contributed by atoms with Gasteiger partial charge in [-0.1, -0.05) is 0 Å². The summed E-state index contributed by atoms with van der Waals surface area (Å²) in [6, 6.07) is 0. The molecule has 2 aliphatic heterocycles. The molecule has 0 spiro atoms. The molecule has 50 valence electrons. The Hall–Kier alpha value is -0.570. The van der Waals surface area contributed by atoms with E-state index in [9.17, 15) is 0 Å². The highest BCUT2D eigenvalue weighted by molar-refractivity contribution is 5.82. The van der Waals surface area contributed by atoms with Crippen LogP contribution in [0.3, 0.4) is 0 Å². The first kappa shape index (κ1) is 5.23. The lowest BCUT2D eigenvalue weighted by molar-refractivity contribution is -0.0173. The van der Waals surface area contributed by atoms with Crippen molar-refractivity contribution in [3.8, 4) is 0 Å². The van der Waals surface area contributed by atoms with Crippen LogP contribution in [0, 0.1) is 0 Å². The Morgan fingerprint density at radius 2 is 2.33 bits per heavy atom. The van der Waals surface area contributed by atoms with Crippen LogP contribution in [0.25, 0.3) is 0 Å². The van der Waals surface area contributed by atoms with Crippen molar-refractivity contribution >= 4 is 5.90 Å². The van der Waals surface area contributed by atoms with Crippen LogP contribution in [0.1, 0.15) is 6.42 Å². The van der Waals surface area contributed by atoms with Crippen molar-refractivity contribution in [1.29, 1.82) is 0 Å². The zero-order chi connectivity index (χ0) is 6.10. The van der Waals surface area contributed by atoms with Crippen LogP contribution >= 0.6 is 0 Å². The maximum atomic E-state index is 5.18. The lowest BCUT2D eigenvalue weighted by Gasteiger charge is -2.25. The monoisotopic (exact) mass is 127 g/mol. The van der Waals surface area contributed by atoms with Gasteiger partial charge in [0.05, 0.1) is 13.2 Å². The summed E-state index contributed by atoms with van der Waals surface area (Å²) in [5.41, 5.74) is 0. The van der Waals surface area contributed by atoms with Gasteiger partial charge in [-0.3, -0.25) is 0 Å². The molecule has 9 heavy (non-hydrogen) atoms. The summed E-state index contributed by atoms with van der Waals surface area (Å²) in [7, 11) is 0. The number of ether oxygens (including phenoxy) is 2. The van der Waals surface area contributed by atoms with E-state index < -0.39 is 0 Å². The highest BCUT2D eigenvalue weighted by Gasteiger charge is 2.27. The van der Waals surface area contributed by atoms with Crippen LogP contribution in [0.2, 0.25) is 0 Å². The van der Waals surface area contributed by atoms with Gasteiger partial charge in [0.1, 0.15) is 12.7 Å². The molecule has 1 atom stereocenters. The van der Waals surface area contributed by atoms with Gasteiger partial charge in [-0.2, -0.15) is 0 Å². The number of aliphatic imine (C=N–C) groups is 1. The molecule has 0 N–H and O–H groups in total.